The van der Waals surface area contributed by atoms with Crippen molar-refractivity contribution in [2.75, 3.05) is 26.7 Å². The summed E-state index contributed by atoms with van der Waals surface area (Å²) >= 11 is 0. The molecular formula is C26H33N5O4. The van der Waals surface area contributed by atoms with E-state index in [0.717, 1.165) is 6.42 Å². The van der Waals surface area contributed by atoms with Crippen molar-refractivity contribution in [2.24, 2.45) is 11.8 Å². The van der Waals surface area contributed by atoms with Crippen LogP contribution in [0.3, 0.4) is 0 Å². The third-order valence-corrected chi connectivity index (χ3v) is 5.85. The molecule has 1 aliphatic heterocycles. The molecule has 0 fully saturated rings. The van der Waals surface area contributed by atoms with Gasteiger partial charge in [0.05, 0.1) is 25.4 Å². The highest BCUT2D eigenvalue weighted by Gasteiger charge is 2.34. The van der Waals surface area contributed by atoms with E-state index in [-0.39, 0.29) is 42.5 Å². The molecule has 2 aromatic heterocycles. The van der Waals surface area contributed by atoms with Crippen molar-refractivity contribution in [1.82, 2.24) is 24.8 Å². The van der Waals surface area contributed by atoms with E-state index in [1.165, 1.54) is 23.5 Å². The zero-order chi connectivity index (χ0) is 25.5. The molecule has 9 heteroatoms. The second kappa shape index (κ2) is 11.8. The minimum Gasteiger partial charge on any atom is -0.472 e. The minimum absolute atomic E-state index is 0.148. The average molecular weight is 480 g/mol. The molecule has 0 saturated carbocycles. The fourth-order valence-electron chi connectivity index (χ4n) is 3.70. The van der Waals surface area contributed by atoms with Gasteiger partial charge in [-0.3, -0.25) is 14.6 Å². The molecule has 0 unspecified atom stereocenters. The molecule has 2 aromatic rings. The van der Waals surface area contributed by atoms with Crippen LogP contribution in [0.25, 0.3) is 0 Å². The molecule has 35 heavy (non-hydrogen) atoms. The van der Waals surface area contributed by atoms with E-state index in [1.54, 1.807) is 31.1 Å². The largest absolute Gasteiger partial charge is 0.472 e. The van der Waals surface area contributed by atoms with Crippen LogP contribution in [0.1, 0.15) is 60.5 Å². The monoisotopic (exact) mass is 479 g/mol. The summed E-state index contributed by atoms with van der Waals surface area (Å²) in [6.45, 7) is 8.35. The zero-order valence-electron chi connectivity index (χ0n) is 20.9. The summed E-state index contributed by atoms with van der Waals surface area (Å²) < 4.78 is 6.24. The van der Waals surface area contributed by atoms with Crippen molar-refractivity contribution in [3.63, 3.8) is 0 Å². The average Bonchev–Trinajstić information content (AvgIpc) is 2.85. The zero-order valence-corrected chi connectivity index (χ0v) is 20.9. The quantitative estimate of drug-likeness (QED) is 0.633. The first kappa shape index (κ1) is 26.1. The number of ether oxygens (including phenoxy) is 1. The predicted molar refractivity (Wildman–Crippen MR) is 131 cm³/mol. The van der Waals surface area contributed by atoms with E-state index in [4.69, 9.17) is 4.74 Å². The first-order chi connectivity index (χ1) is 16.7. The van der Waals surface area contributed by atoms with E-state index in [2.05, 4.69) is 40.6 Å². The maximum absolute atomic E-state index is 13.5. The minimum atomic E-state index is -0.453. The highest BCUT2D eigenvalue weighted by atomic mass is 16.5. The molecule has 9 nitrogen and oxygen atoms in total. The van der Waals surface area contributed by atoms with Gasteiger partial charge in [0.1, 0.15) is 17.4 Å². The SMILES string of the molecule is CC(C)CC#Cc1cnc2c(c1)C(=O)N([C@H](C)CO)C[C@@H](C)[C@@H](CN(C)C(=O)c1cnccn1)O2. The van der Waals surface area contributed by atoms with E-state index in [9.17, 15) is 14.7 Å². The van der Waals surface area contributed by atoms with Crippen LogP contribution in [0.4, 0.5) is 0 Å². The predicted octanol–water partition coefficient (Wildman–Crippen LogP) is 2.26. The number of aliphatic hydroxyl groups is 1. The Morgan fingerprint density at radius 3 is 2.71 bits per heavy atom. The Bertz CT molecular complexity index is 1100. The number of fused-ring (bicyclic) bond motifs is 1. The Kier molecular flexibility index (Phi) is 8.77. The van der Waals surface area contributed by atoms with Crippen LogP contribution in [-0.2, 0) is 0 Å². The van der Waals surface area contributed by atoms with Crippen molar-refractivity contribution >= 4 is 11.8 Å². The maximum Gasteiger partial charge on any atom is 0.273 e. The number of carbonyl (C=O) groups is 2. The third-order valence-electron chi connectivity index (χ3n) is 5.85. The number of hydrogen-bond donors (Lipinski definition) is 1. The van der Waals surface area contributed by atoms with Gasteiger partial charge < -0.3 is 19.6 Å². The second-order valence-electron chi connectivity index (χ2n) is 9.38. The van der Waals surface area contributed by atoms with Crippen LogP contribution in [0.2, 0.25) is 0 Å². The van der Waals surface area contributed by atoms with Crippen molar-refractivity contribution < 1.29 is 19.4 Å². The van der Waals surface area contributed by atoms with Gasteiger partial charge in [-0.1, -0.05) is 32.6 Å². The molecule has 0 bridgehead atoms. The first-order valence-electron chi connectivity index (χ1n) is 11.8. The van der Waals surface area contributed by atoms with Crippen LogP contribution >= 0.6 is 0 Å². The number of likely N-dealkylation sites (N-methyl/N-ethyl adjacent to an activating group) is 1. The summed E-state index contributed by atoms with van der Waals surface area (Å²) in [7, 11) is 1.67. The third kappa shape index (κ3) is 6.55. The highest BCUT2D eigenvalue weighted by molar-refractivity contribution is 5.97. The summed E-state index contributed by atoms with van der Waals surface area (Å²) in [5.41, 5.74) is 1.15. The number of aliphatic hydroxyl groups excluding tert-OH is 1. The van der Waals surface area contributed by atoms with Crippen molar-refractivity contribution in [3.8, 4) is 17.7 Å². The summed E-state index contributed by atoms with van der Waals surface area (Å²) in [4.78, 5) is 41.9. The first-order valence-corrected chi connectivity index (χ1v) is 11.8. The second-order valence-corrected chi connectivity index (χ2v) is 9.38. The Balaban J connectivity index is 1.93. The molecule has 2 amide bonds. The normalized spacial score (nSPS) is 18.5. The van der Waals surface area contributed by atoms with Gasteiger partial charge in [-0.05, 0) is 18.9 Å². The molecule has 3 rings (SSSR count). The number of amides is 2. The molecule has 0 aromatic carbocycles. The fraction of sp³-hybridized carbons (Fsp3) is 0.500. The van der Waals surface area contributed by atoms with Gasteiger partial charge in [-0.2, -0.15) is 0 Å². The standard InChI is InChI=1S/C26H33N5O4/c1-17(2)7-6-8-20-11-21-24(29-12-20)35-23(18(3)14-31(25(21)33)19(4)16-32)15-30(5)26(34)22-13-27-9-10-28-22/h9-13,17-19,23,32H,7,14-16H2,1-5H3/t18-,19-,23-/m1/s1. The number of aromatic nitrogens is 3. The van der Waals surface area contributed by atoms with Gasteiger partial charge >= 0.3 is 0 Å². The Morgan fingerprint density at radius 2 is 2.06 bits per heavy atom. The summed E-state index contributed by atoms with van der Waals surface area (Å²) in [6, 6.07) is 1.29. The molecule has 1 N–H and O–H groups in total. The van der Waals surface area contributed by atoms with E-state index in [1.807, 2.05) is 6.92 Å². The molecule has 3 heterocycles. The van der Waals surface area contributed by atoms with Crippen LogP contribution in [0.5, 0.6) is 5.88 Å². The van der Waals surface area contributed by atoms with Gasteiger partial charge in [0.25, 0.3) is 11.8 Å². The fourth-order valence-corrected chi connectivity index (χ4v) is 3.70. The molecule has 3 atom stereocenters. The lowest BCUT2D eigenvalue weighted by atomic mass is 9.99. The summed E-state index contributed by atoms with van der Waals surface area (Å²) in [5.74, 6) is 6.12. The van der Waals surface area contributed by atoms with Gasteiger partial charge in [0.2, 0.25) is 5.88 Å². The number of carbonyl (C=O) groups excluding carboxylic acids is 2. The van der Waals surface area contributed by atoms with Crippen LogP contribution in [0.15, 0.2) is 30.9 Å². The number of rotatable bonds is 6. The molecule has 0 radical (unpaired) electrons. The van der Waals surface area contributed by atoms with Gasteiger partial charge in [-0.15, -0.1) is 0 Å². The number of nitrogens with zero attached hydrogens (tertiary/aromatic N) is 5. The number of hydrogen-bond acceptors (Lipinski definition) is 7. The van der Waals surface area contributed by atoms with Crippen LogP contribution < -0.4 is 4.74 Å². The molecule has 0 saturated heterocycles. The lowest BCUT2D eigenvalue weighted by Gasteiger charge is -2.37. The van der Waals surface area contributed by atoms with E-state index < -0.39 is 12.1 Å². The number of pyridine rings is 1. The van der Waals surface area contributed by atoms with Crippen LogP contribution in [0, 0.1) is 23.7 Å². The summed E-state index contributed by atoms with van der Waals surface area (Å²) in [5, 5.41) is 9.81. The Morgan fingerprint density at radius 1 is 1.29 bits per heavy atom. The smallest absolute Gasteiger partial charge is 0.273 e. The molecule has 0 aliphatic carbocycles. The van der Waals surface area contributed by atoms with Gasteiger partial charge in [-0.25, -0.2) is 9.97 Å². The Labute approximate surface area is 206 Å². The molecule has 0 spiro atoms. The lowest BCUT2D eigenvalue weighted by Crippen LogP contribution is -2.50. The molecular weight excluding hydrogens is 446 g/mol. The topological polar surface area (TPSA) is 109 Å². The molecule has 1 aliphatic rings. The van der Waals surface area contributed by atoms with Crippen molar-refractivity contribution in [3.05, 3.63) is 47.7 Å². The summed E-state index contributed by atoms with van der Waals surface area (Å²) in [6.07, 6.45) is 6.28. The maximum atomic E-state index is 13.5. The van der Waals surface area contributed by atoms with Crippen molar-refractivity contribution in [2.45, 2.75) is 46.3 Å². The van der Waals surface area contributed by atoms with Crippen LogP contribution in [-0.4, -0.2) is 80.6 Å². The van der Waals surface area contributed by atoms with E-state index >= 15 is 0 Å². The lowest BCUT2D eigenvalue weighted by molar-refractivity contribution is 0.0312. The molecule has 186 valence electrons. The highest BCUT2D eigenvalue weighted by Crippen LogP contribution is 2.27. The van der Waals surface area contributed by atoms with Crippen molar-refractivity contribution in [1.29, 1.82) is 0 Å². The van der Waals surface area contributed by atoms with Gasteiger partial charge in [0, 0.05) is 50.1 Å². The van der Waals surface area contributed by atoms with Gasteiger partial charge in [0.15, 0.2) is 0 Å². The Hall–Kier alpha value is -3.51. The van der Waals surface area contributed by atoms with E-state index in [0.29, 0.717) is 23.6 Å².